The van der Waals surface area contributed by atoms with E-state index in [4.69, 9.17) is 4.74 Å². The van der Waals surface area contributed by atoms with Gasteiger partial charge in [-0.25, -0.2) is 4.90 Å². The number of hydrogen-bond donors (Lipinski definition) is 0. The van der Waals surface area contributed by atoms with Crippen molar-refractivity contribution in [2.75, 3.05) is 17.3 Å². The molecule has 4 nitrogen and oxygen atoms in total. The summed E-state index contributed by atoms with van der Waals surface area (Å²) in [6.07, 6.45) is 0. The monoisotopic (exact) mass is 409 g/mol. The Morgan fingerprint density at radius 1 is 1.00 bits per heavy atom. The minimum atomic E-state index is -0.270. The standard InChI is InChI=1S/C24H27NO3S/c1-6-29-22-21(20-12-7-16(4)13-17(20)5)23(26)25(24(22)27)18-8-10-19(11-9-18)28-14-15(2)3/h7-13,15H,6,14H2,1-5H3. The molecule has 2 aromatic rings. The smallest absolute Gasteiger partial charge is 0.272 e. The Labute approximate surface area is 176 Å². The number of amides is 2. The Hall–Kier alpha value is -2.53. The summed E-state index contributed by atoms with van der Waals surface area (Å²) in [4.78, 5) is 28.3. The van der Waals surface area contributed by atoms with Crippen molar-refractivity contribution in [2.24, 2.45) is 5.92 Å². The van der Waals surface area contributed by atoms with Crippen molar-refractivity contribution < 1.29 is 14.3 Å². The van der Waals surface area contributed by atoms with Gasteiger partial charge in [-0.05, 0) is 60.9 Å². The highest BCUT2D eigenvalue weighted by Gasteiger charge is 2.40. The van der Waals surface area contributed by atoms with E-state index in [9.17, 15) is 9.59 Å². The van der Waals surface area contributed by atoms with Crippen LogP contribution in [0.2, 0.25) is 0 Å². The van der Waals surface area contributed by atoms with Crippen LogP contribution in [0.4, 0.5) is 5.69 Å². The fourth-order valence-electron chi connectivity index (χ4n) is 3.31. The molecule has 0 atom stereocenters. The minimum Gasteiger partial charge on any atom is -0.493 e. The number of nitrogens with zero attached hydrogens (tertiary/aromatic N) is 1. The molecule has 2 aromatic carbocycles. The fraction of sp³-hybridized carbons (Fsp3) is 0.333. The molecule has 0 saturated heterocycles. The van der Waals surface area contributed by atoms with Gasteiger partial charge in [0.1, 0.15) is 5.75 Å². The molecular formula is C24H27NO3S. The van der Waals surface area contributed by atoms with Crippen molar-refractivity contribution in [1.82, 2.24) is 0 Å². The van der Waals surface area contributed by atoms with Crippen LogP contribution in [-0.4, -0.2) is 24.2 Å². The van der Waals surface area contributed by atoms with Gasteiger partial charge in [0.05, 0.1) is 22.8 Å². The number of carbonyl (C=O) groups is 2. The molecule has 2 amide bonds. The van der Waals surface area contributed by atoms with Gasteiger partial charge in [0, 0.05) is 0 Å². The van der Waals surface area contributed by atoms with Gasteiger partial charge in [0.2, 0.25) is 0 Å². The highest BCUT2D eigenvalue weighted by atomic mass is 32.2. The molecule has 0 radical (unpaired) electrons. The van der Waals surface area contributed by atoms with Crippen LogP contribution in [0.5, 0.6) is 5.75 Å². The Bertz CT molecular complexity index is 961. The summed E-state index contributed by atoms with van der Waals surface area (Å²) < 4.78 is 5.71. The first-order chi connectivity index (χ1) is 13.8. The summed E-state index contributed by atoms with van der Waals surface area (Å²) in [6, 6.07) is 13.1. The third kappa shape index (κ3) is 4.40. The second-order valence-corrected chi connectivity index (χ2v) is 8.87. The van der Waals surface area contributed by atoms with Crippen molar-refractivity contribution in [3.05, 3.63) is 64.1 Å². The van der Waals surface area contributed by atoms with E-state index in [1.807, 2.05) is 39.0 Å². The van der Waals surface area contributed by atoms with Crippen LogP contribution < -0.4 is 9.64 Å². The van der Waals surface area contributed by atoms with Crippen LogP contribution >= 0.6 is 11.8 Å². The van der Waals surface area contributed by atoms with Gasteiger partial charge >= 0.3 is 0 Å². The summed E-state index contributed by atoms with van der Waals surface area (Å²) in [5.74, 6) is 1.35. The van der Waals surface area contributed by atoms with Crippen molar-refractivity contribution in [2.45, 2.75) is 34.6 Å². The molecule has 0 aromatic heterocycles. The Kier molecular flexibility index (Phi) is 6.48. The molecule has 0 fully saturated rings. The van der Waals surface area contributed by atoms with E-state index >= 15 is 0 Å². The molecule has 0 bridgehead atoms. The number of anilines is 1. The minimum absolute atomic E-state index is 0.257. The third-order valence-electron chi connectivity index (χ3n) is 4.66. The summed E-state index contributed by atoms with van der Waals surface area (Å²) >= 11 is 1.42. The lowest BCUT2D eigenvalue weighted by Crippen LogP contribution is -2.31. The quantitative estimate of drug-likeness (QED) is 0.576. The number of thioether (sulfide) groups is 1. The summed E-state index contributed by atoms with van der Waals surface area (Å²) in [7, 11) is 0. The first-order valence-electron chi connectivity index (χ1n) is 9.89. The van der Waals surface area contributed by atoms with E-state index in [0.29, 0.717) is 28.7 Å². The maximum atomic E-state index is 13.3. The topological polar surface area (TPSA) is 46.6 Å². The normalized spacial score (nSPS) is 14.3. The molecule has 29 heavy (non-hydrogen) atoms. The summed E-state index contributed by atoms with van der Waals surface area (Å²) in [5.41, 5.74) is 4.01. The second kappa shape index (κ2) is 8.87. The first-order valence-corrected chi connectivity index (χ1v) is 10.9. The Morgan fingerprint density at radius 2 is 1.69 bits per heavy atom. The fourth-order valence-corrected chi connectivity index (χ4v) is 4.15. The van der Waals surface area contributed by atoms with Crippen molar-refractivity contribution in [3.8, 4) is 5.75 Å². The van der Waals surface area contributed by atoms with E-state index in [-0.39, 0.29) is 11.8 Å². The van der Waals surface area contributed by atoms with Gasteiger partial charge < -0.3 is 4.74 Å². The molecule has 0 unspecified atom stereocenters. The van der Waals surface area contributed by atoms with Gasteiger partial charge in [0.25, 0.3) is 11.8 Å². The first kappa shape index (κ1) is 21.2. The highest BCUT2D eigenvalue weighted by molar-refractivity contribution is 8.04. The van der Waals surface area contributed by atoms with Crippen molar-refractivity contribution in [3.63, 3.8) is 0 Å². The van der Waals surface area contributed by atoms with Crippen LogP contribution in [-0.2, 0) is 9.59 Å². The number of ether oxygens (including phenoxy) is 1. The van der Waals surface area contributed by atoms with E-state index < -0.39 is 0 Å². The van der Waals surface area contributed by atoms with Crippen LogP contribution in [0.3, 0.4) is 0 Å². The van der Waals surface area contributed by atoms with E-state index in [1.165, 1.54) is 16.7 Å². The molecule has 0 spiro atoms. The predicted octanol–water partition coefficient (Wildman–Crippen LogP) is 5.38. The number of hydrogen-bond acceptors (Lipinski definition) is 4. The maximum Gasteiger partial charge on any atom is 0.272 e. The number of benzene rings is 2. The molecule has 3 rings (SSSR count). The Morgan fingerprint density at radius 3 is 2.28 bits per heavy atom. The molecule has 152 valence electrons. The van der Waals surface area contributed by atoms with E-state index in [0.717, 1.165) is 28.2 Å². The zero-order valence-corrected chi connectivity index (χ0v) is 18.4. The number of aryl methyl sites for hydroxylation is 2. The zero-order chi connectivity index (χ0) is 21.1. The Balaban J connectivity index is 1.95. The van der Waals surface area contributed by atoms with Gasteiger partial charge in [-0.1, -0.05) is 44.5 Å². The highest BCUT2D eigenvalue weighted by Crippen LogP contribution is 2.39. The third-order valence-corrected chi connectivity index (χ3v) is 5.62. The number of rotatable bonds is 7. The molecule has 5 heteroatoms. The molecule has 1 heterocycles. The summed E-state index contributed by atoms with van der Waals surface area (Å²) in [6.45, 7) is 10.8. The summed E-state index contributed by atoms with van der Waals surface area (Å²) in [5, 5.41) is 0. The molecule has 0 aliphatic carbocycles. The van der Waals surface area contributed by atoms with Gasteiger partial charge in [0.15, 0.2) is 0 Å². The number of carbonyl (C=O) groups excluding carboxylic acids is 2. The molecular weight excluding hydrogens is 382 g/mol. The SMILES string of the molecule is CCSC1=C(c2ccc(C)cc2C)C(=O)N(c2ccc(OCC(C)C)cc2)C1=O. The van der Waals surface area contributed by atoms with Gasteiger partial charge in [-0.15, -0.1) is 11.8 Å². The lowest BCUT2D eigenvalue weighted by Gasteiger charge is -2.16. The average Bonchev–Trinajstić information content (AvgIpc) is 2.91. The van der Waals surface area contributed by atoms with Crippen LogP contribution in [0, 0.1) is 19.8 Å². The van der Waals surface area contributed by atoms with Crippen molar-refractivity contribution >= 4 is 34.8 Å². The van der Waals surface area contributed by atoms with Gasteiger partial charge in [-0.2, -0.15) is 0 Å². The van der Waals surface area contributed by atoms with Gasteiger partial charge in [-0.3, -0.25) is 9.59 Å². The van der Waals surface area contributed by atoms with Crippen LogP contribution in [0.1, 0.15) is 37.5 Å². The molecule has 0 N–H and O–H groups in total. The van der Waals surface area contributed by atoms with E-state index in [2.05, 4.69) is 13.8 Å². The molecule has 1 aliphatic rings. The van der Waals surface area contributed by atoms with Crippen molar-refractivity contribution in [1.29, 1.82) is 0 Å². The lowest BCUT2D eigenvalue weighted by atomic mass is 9.99. The largest absolute Gasteiger partial charge is 0.493 e. The number of imide groups is 1. The van der Waals surface area contributed by atoms with E-state index in [1.54, 1.807) is 24.3 Å². The maximum absolute atomic E-state index is 13.3. The zero-order valence-electron chi connectivity index (χ0n) is 17.6. The molecule has 0 saturated carbocycles. The molecule has 1 aliphatic heterocycles. The average molecular weight is 410 g/mol. The van der Waals surface area contributed by atoms with Crippen LogP contribution in [0.15, 0.2) is 47.4 Å². The lowest BCUT2D eigenvalue weighted by molar-refractivity contribution is -0.119. The predicted molar refractivity (Wildman–Crippen MR) is 120 cm³/mol. The van der Waals surface area contributed by atoms with Crippen LogP contribution in [0.25, 0.3) is 5.57 Å². The second-order valence-electron chi connectivity index (χ2n) is 7.60.